The Bertz CT molecular complexity index is 489. The molecule has 1 rings (SSSR count). The van der Waals surface area contributed by atoms with Crippen LogP contribution in [0.3, 0.4) is 0 Å². The predicted molar refractivity (Wildman–Crippen MR) is 59.6 cm³/mol. The first-order chi connectivity index (χ1) is 7.57. The fourth-order valence-electron chi connectivity index (χ4n) is 1.14. The number of azide groups is 1. The molecule has 16 heavy (non-hydrogen) atoms. The van der Waals surface area contributed by atoms with E-state index >= 15 is 0 Å². The van der Waals surface area contributed by atoms with E-state index in [0.717, 1.165) is 5.56 Å². The summed E-state index contributed by atoms with van der Waals surface area (Å²) in [4.78, 5) is 2.26. The molecule has 1 aromatic carbocycles. The molecule has 86 valence electrons. The number of aryl methyl sites for hydroxylation is 1. The van der Waals surface area contributed by atoms with Crippen molar-refractivity contribution in [2.45, 2.75) is 6.42 Å². The molecule has 7 heteroatoms. The summed E-state index contributed by atoms with van der Waals surface area (Å²) in [7, 11) is -2.11. The fraction of sp³-hybridized carbons (Fsp3) is 0.333. The van der Waals surface area contributed by atoms with Crippen LogP contribution in [-0.2, 0) is 16.4 Å². The molecule has 0 saturated heterocycles. The lowest BCUT2D eigenvalue weighted by molar-refractivity contribution is 0.414. The largest absolute Gasteiger partial charge is 0.497 e. The number of hydrogen-bond acceptors (Lipinski definition) is 3. The smallest absolute Gasteiger partial charge is 0.235 e. The van der Waals surface area contributed by atoms with Gasteiger partial charge < -0.3 is 4.74 Å². The molecular weight excluding hydrogens is 230 g/mol. The molecule has 0 fully saturated rings. The van der Waals surface area contributed by atoms with Crippen molar-refractivity contribution in [2.75, 3.05) is 12.9 Å². The highest BCUT2D eigenvalue weighted by Crippen LogP contribution is 2.12. The molecule has 0 radical (unpaired) electrons. The highest BCUT2D eigenvalue weighted by Gasteiger charge is 2.07. The van der Waals surface area contributed by atoms with Crippen molar-refractivity contribution in [1.29, 1.82) is 0 Å². The van der Waals surface area contributed by atoms with Gasteiger partial charge >= 0.3 is 0 Å². The maximum Gasteiger partial charge on any atom is 0.235 e. The molecule has 0 unspecified atom stereocenters. The minimum absolute atomic E-state index is 0.191. The Morgan fingerprint density at radius 2 is 2.00 bits per heavy atom. The molecule has 0 N–H and O–H groups in total. The zero-order valence-corrected chi connectivity index (χ0v) is 9.51. The van der Waals surface area contributed by atoms with Gasteiger partial charge in [-0.2, -0.15) is 0 Å². The molecule has 0 aliphatic carbocycles. The zero-order chi connectivity index (χ0) is 12.0. The van der Waals surface area contributed by atoms with E-state index in [1.807, 2.05) is 0 Å². The van der Waals surface area contributed by atoms with Gasteiger partial charge in [0, 0.05) is 9.43 Å². The summed E-state index contributed by atoms with van der Waals surface area (Å²) in [6, 6.07) is 7.03. The van der Waals surface area contributed by atoms with Crippen molar-refractivity contribution in [3.63, 3.8) is 0 Å². The number of methoxy groups -OCH3 is 1. The van der Waals surface area contributed by atoms with Crippen molar-refractivity contribution in [3.8, 4) is 5.75 Å². The normalized spacial score (nSPS) is 10.6. The molecule has 0 bridgehead atoms. The summed E-state index contributed by atoms with van der Waals surface area (Å²) in [5.74, 6) is 0.519. The van der Waals surface area contributed by atoms with E-state index in [0.29, 0.717) is 12.2 Å². The quantitative estimate of drug-likeness (QED) is 0.447. The van der Waals surface area contributed by atoms with Crippen LogP contribution in [-0.4, -0.2) is 21.3 Å². The number of benzene rings is 1. The van der Waals surface area contributed by atoms with Crippen LogP contribution in [0.4, 0.5) is 0 Å². The highest BCUT2D eigenvalue weighted by atomic mass is 32.2. The molecule has 0 atom stereocenters. The maximum atomic E-state index is 11.1. The van der Waals surface area contributed by atoms with Gasteiger partial charge in [0.1, 0.15) is 5.75 Å². The van der Waals surface area contributed by atoms with E-state index in [2.05, 4.69) is 9.43 Å². The number of hydrogen-bond donors (Lipinski definition) is 0. The van der Waals surface area contributed by atoms with Crippen molar-refractivity contribution >= 4 is 10.0 Å². The molecule has 1 aromatic rings. The van der Waals surface area contributed by atoms with Gasteiger partial charge in [0.15, 0.2) is 0 Å². The van der Waals surface area contributed by atoms with Gasteiger partial charge in [-0.3, -0.25) is 0 Å². The first-order valence-corrected chi connectivity index (χ1v) is 6.10. The third kappa shape index (κ3) is 3.80. The fourth-order valence-corrected chi connectivity index (χ4v) is 1.82. The van der Waals surface area contributed by atoms with Crippen LogP contribution in [0.5, 0.6) is 5.75 Å². The Balaban J connectivity index is 2.65. The van der Waals surface area contributed by atoms with Gasteiger partial charge in [-0.05, 0) is 29.6 Å². The summed E-state index contributed by atoms with van der Waals surface area (Å²) in [6.45, 7) is 0. The number of rotatable bonds is 5. The van der Waals surface area contributed by atoms with Crippen molar-refractivity contribution in [1.82, 2.24) is 0 Å². The van der Waals surface area contributed by atoms with Crippen LogP contribution in [0.1, 0.15) is 5.56 Å². The van der Waals surface area contributed by atoms with Gasteiger partial charge in [0.25, 0.3) is 0 Å². The van der Waals surface area contributed by atoms with Crippen molar-refractivity contribution in [2.24, 2.45) is 4.52 Å². The van der Waals surface area contributed by atoms with Crippen LogP contribution >= 0.6 is 0 Å². The second kappa shape index (κ2) is 5.39. The first kappa shape index (κ1) is 12.4. The Kier molecular flexibility index (Phi) is 4.16. The average Bonchev–Trinajstić information content (AvgIpc) is 2.27. The second-order valence-corrected chi connectivity index (χ2v) is 4.79. The number of ether oxygens (including phenoxy) is 1. The third-order valence-electron chi connectivity index (χ3n) is 1.97. The molecule has 0 amide bonds. The lowest BCUT2D eigenvalue weighted by atomic mass is 10.2. The van der Waals surface area contributed by atoms with E-state index in [9.17, 15) is 8.42 Å². The lowest BCUT2D eigenvalue weighted by Gasteiger charge is -2.02. The van der Waals surface area contributed by atoms with Crippen LogP contribution in [0.2, 0.25) is 0 Å². The van der Waals surface area contributed by atoms with E-state index in [4.69, 9.17) is 10.3 Å². The topological polar surface area (TPSA) is 92.1 Å². The second-order valence-electron chi connectivity index (χ2n) is 3.06. The Hall–Kier alpha value is -1.72. The number of nitrogens with zero attached hydrogens (tertiary/aromatic N) is 3. The van der Waals surface area contributed by atoms with Gasteiger partial charge in [-0.15, -0.1) is 0 Å². The van der Waals surface area contributed by atoms with Crippen molar-refractivity contribution in [3.05, 3.63) is 40.3 Å². The van der Waals surface area contributed by atoms with Crippen molar-refractivity contribution < 1.29 is 13.2 Å². The molecule has 0 spiro atoms. The monoisotopic (exact) mass is 241 g/mol. The summed E-state index contributed by atoms with van der Waals surface area (Å²) in [5.41, 5.74) is 8.87. The Morgan fingerprint density at radius 3 is 2.50 bits per heavy atom. The average molecular weight is 241 g/mol. The summed E-state index contributed by atoms with van der Waals surface area (Å²) in [6.07, 6.45) is 0.311. The van der Waals surface area contributed by atoms with E-state index < -0.39 is 10.0 Å². The SMILES string of the molecule is COc1ccc(CCS(=O)(=O)N=[N+]=[N-])cc1. The van der Waals surface area contributed by atoms with Gasteiger partial charge in [-0.25, -0.2) is 8.42 Å². The molecule has 0 saturated carbocycles. The Morgan fingerprint density at radius 1 is 1.38 bits per heavy atom. The van der Waals surface area contributed by atoms with Crippen LogP contribution < -0.4 is 4.74 Å². The number of sulfonamides is 1. The van der Waals surface area contributed by atoms with Crippen LogP contribution in [0, 0.1) is 0 Å². The minimum Gasteiger partial charge on any atom is -0.497 e. The molecule has 0 aliphatic rings. The predicted octanol–water partition coefficient (Wildman–Crippen LogP) is 1.88. The van der Waals surface area contributed by atoms with E-state index in [-0.39, 0.29) is 5.75 Å². The van der Waals surface area contributed by atoms with E-state index in [1.54, 1.807) is 31.4 Å². The molecule has 0 aromatic heterocycles. The lowest BCUT2D eigenvalue weighted by Crippen LogP contribution is -2.04. The molecule has 6 nitrogen and oxygen atoms in total. The summed E-state index contributed by atoms with van der Waals surface area (Å²) >= 11 is 0. The zero-order valence-electron chi connectivity index (χ0n) is 8.70. The molecular formula is C9H11N3O3S. The molecule has 0 aliphatic heterocycles. The van der Waals surface area contributed by atoms with Gasteiger partial charge in [0.05, 0.1) is 12.9 Å². The van der Waals surface area contributed by atoms with Gasteiger partial charge in [0.2, 0.25) is 10.0 Å². The van der Waals surface area contributed by atoms with Crippen LogP contribution in [0.15, 0.2) is 28.8 Å². The Labute approximate surface area is 93.5 Å². The standard InChI is InChI=1S/C9H11N3O3S/c1-15-9-4-2-8(3-5-9)6-7-16(13,14)12-11-10/h2-5H,6-7H2,1H3. The summed E-state index contributed by atoms with van der Waals surface area (Å²) < 4.78 is 29.9. The third-order valence-corrected chi connectivity index (χ3v) is 3.01. The van der Waals surface area contributed by atoms with Crippen LogP contribution in [0.25, 0.3) is 10.4 Å². The highest BCUT2D eigenvalue weighted by molar-refractivity contribution is 7.89. The minimum atomic E-state index is -3.67. The molecule has 0 heterocycles. The van der Waals surface area contributed by atoms with E-state index in [1.165, 1.54) is 0 Å². The first-order valence-electron chi connectivity index (χ1n) is 4.49. The maximum absolute atomic E-state index is 11.1. The summed E-state index contributed by atoms with van der Waals surface area (Å²) in [5, 5.41) is 0. The van der Waals surface area contributed by atoms with Gasteiger partial charge in [-0.1, -0.05) is 12.1 Å².